The number of nitro groups is 1. The average Bonchev–Trinajstić information content (AvgIpc) is 2.47. The van der Waals surface area contributed by atoms with Crippen LogP contribution in [0.4, 0.5) is 0 Å². The maximum atomic E-state index is 12.6. The lowest BCUT2D eigenvalue weighted by Gasteiger charge is -2.35. The van der Waals surface area contributed by atoms with E-state index in [-0.39, 0.29) is 26.7 Å². The van der Waals surface area contributed by atoms with Gasteiger partial charge in [-0.15, -0.1) is 0 Å². The fourth-order valence-corrected chi connectivity index (χ4v) is 4.74. The third-order valence-corrected chi connectivity index (χ3v) is 6.59. The van der Waals surface area contributed by atoms with E-state index < -0.39 is 6.04 Å². The zero-order valence-corrected chi connectivity index (χ0v) is 15.3. The largest absolute Gasteiger partial charge is 0.352 e. The third-order valence-electron chi connectivity index (χ3n) is 5.10. The van der Waals surface area contributed by atoms with E-state index in [4.69, 9.17) is 0 Å². The number of rotatable bonds is 4. The number of alkyl halides is 1. The molecule has 124 valence electrons. The van der Waals surface area contributed by atoms with Crippen molar-refractivity contribution >= 4 is 28.5 Å². The summed E-state index contributed by atoms with van der Waals surface area (Å²) in [6.07, 6.45) is 6.09. The molecule has 22 heavy (non-hydrogen) atoms. The van der Waals surface area contributed by atoms with Gasteiger partial charge in [-0.05, 0) is 32.1 Å². The minimum absolute atomic E-state index is 0.00380. The second-order valence-corrected chi connectivity index (χ2v) is 8.33. The van der Waals surface area contributed by atoms with Crippen LogP contribution in [0.25, 0.3) is 0 Å². The van der Waals surface area contributed by atoms with E-state index in [0.29, 0.717) is 18.8 Å². The normalized spacial score (nSPS) is 35.6. The van der Waals surface area contributed by atoms with E-state index in [9.17, 15) is 14.9 Å². The molecule has 1 amide bonds. The number of carbonyl (C=O) groups is 1. The summed E-state index contributed by atoms with van der Waals surface area (Å²) in [5.41, 5.74) is 1.13. The van der Waals surface area contributed by atoms with Crippen LogP contribution in [-0.4, -0.2) is 26.8 Å². The van der Waals surface area contributed by atoms with Gasteiger partial charge in [0.1, 0.15) is 0 Å². The van der Waals surface area contributed by atoms with E-state index in [1.807, 2.05) is 6.92 Å². The van der Waals surface area contributed by atoms with Gasteiger partial charge in [-0.25, -0.2) is 0 Å². The number of halogens is 1. The van der Waals surface area contributed by atoms with E-state index in [2.05, 4.69) is 34.5 Å². The molecular formula is C16H25IN2O3. The van der Waals surface area contributed by atoms with Crippen molar-refractivity contribution in [2.24, 2.45) is 11.8 Å². The first-order chi connectivity index (χ1) is 10.4. The Kier molecular flexibility index (Phi) is 6.23. The Balaban J connectivity index is 2.00. The Morgan fingerprint density at radius 1 is 1.23 bits per heavy atom. The molecule has 0 aromatic carbocycles. The van der Waals surface area contributed by atoms with Gasteiger partial charge in [-0.2, -0.15) is 0 Å². The first kappa shape index (κ1) is 17.7. The molecule has 5 atom stereocenters. The van der Waals surface area contributed by atoms with Crippen LogP contribution in [0.15, 0.2) is 12.2 Å². The van der Waals surface area contributed by atoms with Gasteiger partial charge in [0.25, 0.3) is 0 Å². The number of hydrogen-bond donors (Lipinski definition) is 1. The lowest BCUT2D eigenvalue weighted by molar-refractivity contribution is -0.527. The van der Waals surface area contributed by atoms with Crippen molar-refractivity contribution in [1.29, 1.82) is 0 Å². The highest BCUT2D eigenvalue weighted by Crippen LogP contribution is 2.34. The van der Waals surface area contributed by atoms with Crippen LogP contribution in [0.2, 0.25) is 0 Å². The summed E-state index contributed by atoms with van der Waals surface area (Å²) in [4.78, 5) is 23.4. The molecule has 2 rings (SSSR count). The molecule has 0 heterocycles. The van der Waals surface area contributed by atoms with E-state index in [1.165, 1.54) is 6.42 Å². The average molecular weight is 420 g/mol. The molecule has 0 aromatic rings. The molecule has 0 aromatic heterocycles. The third kappa shape index (κ3) is 4.20. The van der Waals surface area contributed by atoms with E-state index >= 15 is 0 Å². The first-order valence-corrected chi connectivity index (χ1v) is 9.38. The van der Waals surface area contributed by atoms with Crippen LogP contribution in [0, 0.1) is 22.0 Å². The highest BCUT2D eigenvalue weighted by molar-refractivity contribution is 14.1. The smallest absolute Gasteiger partial charge is 0.224 e. The fraction of sp³-hybridized carbons (Fsp3) is 0.812. The van der Waals surface area contributed by atoms with Crippen LogP contribution >= 0.6 is 22.6 Å². The maximum Gasteiger partial charge on any atom is 0.224 e. The molecule has 2 saturated carbocycles. The maximum absolute atomic E-state index is 12.6. The van der Waals surface area contributed by atoms with Crippen molar-refractivity contribution in [1.82, 2.24) is 5.32 Å². The Morgan fingerprint density at radius 2 is 1.91 bits per heavy atom. The van der Waals surface area contributed by atoms with Crippen molar-refractivity contribution < 1.29 is 9.72 Å². The number of nitrogens with one attached hydrogen (secondary N) is 1. The topological polar surface area (TPSA) is 72.2 Å². The van der Waals surface area contributed by atoms with Crippen LogP contribution in [-0.2, 0) is 4.79 Å². The number of carbonyl (C=O) groups excluding carboxylic acids is 1. The van der Waals surface area contributed by atoms with Crippen molar-refractivity contribution in [3.8, 4) is 0 Å². The lowest BCUT2D eigenvalue weighted by Crippen LogP contribution is -2.48. The Bertz CT molecular complexity index is 455. The Morgan fingerprint density at radius 3 is 2.55 bits per heavy atom. The molecular weight excluding hydrogens is 395 g/mol. The summed E-state index contributed by atoms with van der Waals surface area (Å²) >= 11 is 2.28. The van der Waals surface area contributed by atoms with Gasteiger partial charge < -0.3 is 5.32 Å². The summed E-state index contributed by atoms with van der Waals surface area (Å²) in [5.74, 6) is 0.113. The number of hydrogen-bond acceptors (Lipinski definition) is 3. The van der Waals surface area contributed by atoms with Crippen LogP contribution in [0.3, 0.4) is 0 Å². The molecule has 2 fully saturated rings. The molecule has 5 nitrogen and oxygen atoms in total. The fourth-order valence-electron chi connectivity index (χ4n) is 3.76. The van der Waals surface area contributed by atoms with Crippen molar-refractivity contribution in [3.63, 3.8) is 0 Å². The van der Waals surface area contributed by atoms with Gasteiger partial charge in [0.15, 0.2) is 0 Å². The van der Waals surface area contributed by atoms with Crippen LogP contribution < -0.4 is 5.32 Å². The summed E-state index contributed by atoms with van der Waals surface area (Å²) in [5, 5.41) is 14.2. The van der Waals surface area contributed by atoms with Crippen LogP contribution in [0.5, 0.6) is 0 Å². The summed E-state index contributed by atoms with van der Waals surface area (Å²) in [6, 6.07) is -0.414. The van der Waals surface area contributed by atoms with E-state index in [0.717, 1.165) is 31.3 Å². The molecule has 0 bridgehead atoms. The van der Waals surface area contributed by atoms with Crippen molar-refractivity contribution in [3.05, 3.63) is 22.3 Å². The predicted octanol–water partition coefficient (Wildman–Crippen LogP) is 3.49. The predicted molar refractivity (Wildman–Crippen MR) is 94.6 cm³/mol. The van der Waals surface area contributed by atoms with Gasteiger partial charge >= 0.3 is 0 Å². The second-order valence-electron chi connectivity index (χ2n) is 6.73. The second kappa shape index (κ2) is 7.75. The zero-order chi connectivity index (χ0) is 16.3. The Hall–Kier alpha value is -0.660. The summed E-state index contributed by atoms with van der Waals surface area (Å²) in [7, 11) is 0. The molecule has 0 aliphatic heterocycles. The zero-order valence-electron chi connectivity index (χ0n) is 13.1. The summed E-state index contributed by atoms with van der Waals surface area (Å²) in [6.45, 7) is 6.08. The molecule has 2 aliphatic rings. The molecule has 0 spiro atoms. The highest BCUT2D eigenvalue weighted by atomic mass is 127. The standard InChI is InChI=1S/C16H25IN2O3/c1-10(2)12-5-3-4-6-15(12)18-16(20)13-9-11(19(21)22)7-8-14(13)17/h11-15H,1,3-9H2,2H3,(H,18,20). The van der Waals surface area contributed by atoms with Crippen molar-refractivity contribution in [2.45, 2.75) is 67.9 Å². The molecule has 6 heteroatoms. The minimum Gasteiger partial charge on any atom is -0.352 e. The molecule has 0 saturated heterocycles. The lowest BCUT2D eigenvalue weighted by atomic mass is 9.79. The van der Waals surface area contributed by atoms with Gasteiger partial charge in [-0.1, -0.05) is 47.6 Å². The number of nitrogens with zero attached hydrogens (tertiary/aromatic N) is 1. The van der Waals surface area contributed by atoms with E-state index in [1.54, 1.807) is 0 Å². The molecule has 0 radical (unpaired) electrons. The molecule has 5 unspecified atom stereocenters. The van der Waals surface area contributed by atoms with Gasteiger partial charge in [0, 0.05) is 27.7 Å². The van der Waals surface area contributed by atoms with Gasteiger partial charge in [0.05, 0.1) is 5.92 Å². The first-order valence-electron chi connectivity index (χ1n) is 8.13. The summed E-state index contributed by atoms with van der Waals surface area (Å²) < 4.78 is 0.195. The molecule has 2 aliphatic carbocycles. The SMILES string of the molecule is C=C(C)C1CCCCC1NC(=O)C1CC([N+](=O)[O-])CCC1I. The minimum atomic E-state index is -0.565. The van der Waals surface area contributed by atoms with Gasteiger partial charge in [-0.3, -0.25) is 14.9 Å². The van der Waals surface area contributed by atoms with Gasteiger partial charge in [0.2, 0.25) is 11.9 Å². The molecule has 1 N–H and O–H groups in total. The Labute approximate surface area is 145 Å². The van der Waals surface area contributed by atoms with Crippen LogP contribution in [0.1, 0.15) is 51.9 Å². The highest BCUT2D eigenvalue weighted by Gasteiger charge is 2.40. The van der Waals surface area contributed by atoms with Crippen molar-refractivity contribution in [2.75, 3.05) is 0 Å². The monoisotopic (exact) mass is 420 g/mol. The number of amides is 1. The quantitative estimate of drug-likeness (QED) is 0.249.